The molecular weight excluding hydrogens is 230 g/mol. The number of methoxy groups -OCH3 is 2. The molecule has 106 valence electrons. The highest BCUT2D eigenvalue weighted by Gasteiger charge is 2.16. The van der Waals surface area contributed by atoms with Crippen LogP contribution in [0, 0.1) is 5.41 Å². The Morgan fingerprint density at radius 3 is 2.50 bits per heavy atom. The molecule has 0 saturated carbocycles. The molecule has 0 atom stereocenters. The number of rotatable bonds is 9. The van der Waals surface area contributed by atoms with Crippen LogP contribution in [0.2, 0.25) is 0 Å². The van der Waals surface area contributed by atoms with Crippen LogP contribution in [-0.4, -0.2) is 39.9 Å². The van der Waals surface area contributed by atoms with E-state index in [4.69, 9.17) is 9.47 Å². The second-order valence-corrected chi connectivity index (χ2v) is 5.11. The Morgan fingerprint density at radius 1 is 1.33 bits per heavy atom. The van der Waals surface area contributed by atoms with Gasteiger partial charge in [-0.05, 0) is 18.3 Å². The second-order valence-electron chi connectivity index (χ2n) is 5.11. The molecule has 0 aromatic rings. The first-order valence-corrected chi connectivity index (χ1v) is 6.44. The molecule has 0 aromatic carbocycles. The Morgan fingerprint density at radius 2 is 2.00 bits per heavy atom. The van der Waals surface area contributed by atoms with Crippen LogP contribution in [0.25, 0.3) is 0 Å². The van der Waals surface area contributed by atoms with Gasteiger partial charge in [0.1, 0.15) is 0 Å². The van der Waals surface area contributed by atoms with Gasteiger partial charge in [-0.3, -0.25) is 0 Å². The summed E-state index contributed by atoms with van der Waals surface area (Å²) in [5, 5.41) is 3.34. The van der Waals surface area contributed by atoms with E-state index in [-0.39, 0.29) is 11.4 Å². The summed E-state index contributed by atoms with van der Waals surface area (Å²) >= 11 is 0. The summed E-state index contributed by atoms with van der Waals surface area (Å²) in [6.45, 7) is 8.70. The Hall–Kier alpha value is -0.870. The number of carbonyl (C=O) groups is 1. The molecule has 0 aliphatic heterocycles. The topological polar surface area (TPSA) is 47.6 Å². The molecule has 4 heteroatoms. The van der Waals surface area contributed by atoms with Crippen molar-refractivity contribution in [3.63, 3.8) is 0 Å². The van der Waals surface area contributed by atoms with Gasteiger partial charge < -0.3 is 14.8 Å². The maximum Gasteiger partial charge on any atom is 0.333 e. The van der Waals surface area contributed by atoms with E-state index in [1.54, 1.807) is 7.11 Å². The summed E-state index contributed by atoms with van der Waals surface area (Å²) in [6, 6.07) is 0. The summed E-state index contributed by atoms with van der Waals surface area (Å²) < 4.78 is 9.79. The van der Waals surface area contributed by atoms with Gasteiger partial charge in [0.25, 0.3) is 0 Å². The number of ether oxygens (including phenoxy) is 2. The van der Waals surface area contributed by atoms with Gasteiger partial charge in [0.2, 0.25) is 0 Å². The number of hydrogen-bond donors (Lipinski definition) is 1. The minimum Gasteiger partial charge on any atom is -0.466 e. The fourth-order valence-corrected chi connectivity index (χ4v) is 1.58. The zero-order valence-corrected chi connectivity index (χ0v) is 12.3. The van der Waals surface area contributed by atoms with E-state index >= 15 is 0 Å². The summed E-state index contributed by atoms with van der Waals surface area (Å²) in [5.41, 5.74) is 0.918. The van der Waals surface area contributed by atoms with Crippen molar-refractivity contribution in [1.29, 1.82) is 0 Å². The molecule has 0 aromatic heterocycles. The highest BCUT2D eigenvalue weighted by atomic mass is 16.5. The van der Waals surface area contributed by atoms with Crippen LogP contribution in [0.3, 0.4) is 0 Å². The zero-order valence-electron chi connectivity index (χ0n) is 12.3. The first-order valence-electron chi connectivity index (χ1n) is 6.44. The summed E-state index contributed by atoms with van der Waals surface area (Å²) in [6.07, 6.45) is 3.61. The van der Waals surface area contributed by atoms with Crippen molar-refractivity contribution in [3.05, 3.63) is 11.6 Å². The molecule has 0 saturated heterocycles. The molecule has 0 aliphatic carbocycles. The van der Waals surface area contributed by atoms with Gasteiger partial charge in [0.05, 0.1) is 7.11 Å². The van der Waals surface area contributed by atoms with Crippen molar-refractivity contribution in [2.75, 3.05) is 33.9 Å². The van der Waals surface area contributed by atoms with Gasteiger partial charge in [-0.1, -0.05) is 26.8 Å². The van der Waals surface area contributed by atoms with E-state index < -0.39 is 0 Å². The highest BCUT2D eigenvalue weighted by molar-refractivity contribution is 5.88. The summed E-state index contributed by atoms with van der Waals surface area (Å²) in [7, 11) is 3.13. The molecule has 0 fully saturated rings. The van der Waals surface area contributed by atoms with E-state index in [0.29, 0.717) is 13.0 Å². The van der Waals surface area contributed by atoms with Gasteiger partial charge >= 0.3 is 5.97 Å². The van der Waals surface area contributed by atoms with Crippen LogP contribution < -0.4 is 5.32 Å². The minimum atomic E-state index is -0.238. The van der Waals surface area contributed by atoms with E-state index in [1.807, 2.05) is 13.0 Å². The average molecular weight is 257 g/mol. The first kappa shape index (κ1) is 17.1. The molecule has 1 N–H and O–H groups in total. The van der Waals surface area contributed by atoms with Crippen LogP contribution in [0.4, 0.5) is 0 Å². The predicted octanol–water partition coefficient (Wildman–Crippen LogP) is 2.15. The Bertz CT molecular complexity index is 272. The molecule has 0 bridgehead atoms. The molecule has 0 aliphatic rings. The van der Waals surface area contributed by atoms with Gasteiger partial charge in [-0.2, -0.15) is 0 Å². The molecular formula is C14H27NO3. The molecule has 0 unspecified atom stereocenters. The maximum atomic E-state index is 11.3. The summed E-state index contributed by atoms with van der Waals surface area (Å²) in [5.74, 6) is -0.238. The minimum absolute atomic E-state index is 0.196. The molecule has 18 heavy (non-hydrogen) atoms. The lowest BCUT2D eigenvalue weighted by molar-refractivity contribution is -0.136. The van der Waals surface area contributed by atoms with Crippen LogP contribution in [0.15, 0.2) is 11.6 Å². The molecule has 0 radical (unpaired) electrons. The van der Waals surface area contributed by atoms with Crippen LogP contribution in [0.1, 0.15) is 33.6 Å². The third kappa shape index (κ3) is 7.45. The lowest BCUT2D eigenvalue weighted by Gasteiger charge is -2.24. The average Bonchev–Trinajstić information content (AvgIpc) is 2.35. The lowest BCUT2D eigenvalue weighted by atomic mass is 9.90. The van der Waals surface area contributed by atoms with E-state index in [1.165, 1.54) is 7.11 Å². The molecule has 0 heterocycles. The SMILES string of the molecule is CCC(=CCNCC(C)(C)CCOC)C(=O)OC. The monoisotopic (exact) mass is 257 g/mol. The number of nitrogens with one attached hydrogen (secondary N) is 1. The molecule has 0 spiro atoms. The van der Waals surface area contributed by atoms with Gasteiger partial charge in [-0.25, -0.2) is 4.79 Å². The van der Waals surface area contributed by atoms with Crippen LogP contribution in [-0.2, 0) is 14.3 Å². The third-order valence-electron chi connectivity index (χ3n) is 2.91. The summed E-state index contributed by atoms with van der Waals surface area (Å²) in [4.78, 5) is 11.3. The van der Waals surface area contributed by atoms with Crippen molar-refractivity contribution in [2.24, 2.45) is 5.41 Å². The molecule has 4 nitrogen and oxygen atoms in total. The zero-order chi connectivity index (χ0) is 14.0. The van der Waals surface area contributed by atoms with Crippen LogP contribution in [0.5, 0.6) is 0 Å². The fraction of sp³-hybridized carbons (Fsp3) is 0.786. The van der Waals surface area contributed by atoms with E-state index in [9.17, 15) is 4.79 Å². The van der Waals surface area contributed by atoms with Crippen LogP contribution >= 0.6 is 0 Å². The third-order valence-corrected chi connectivity index (χ3v) is 2.91. The predicted molar refractivity (Wildman–Crippen MR) is 73.5 cm³/mol. The molecule has 0 rings (SSSR count). The number of hydrogen-bond acceptors (Lipinski definition) is 4. The molecule has 0 amide bonds. The van der Waals surface area contributed by atoms with E-state index in [0.717, 1.165) is 25.1 Å². The second kappa shape index (κ2) is 9.11. The number of esters is 1. The Balaban J connectivity index is 4.03. The Labute approximate surface area is 111 Å². The highest BCUT2D eigenvalue weighted by Crippen LogP contribution is 2.18. The normalized spacial score (nSPS) is 12.6. The largest absolute Gasteiger partial charge is 0.466 e. The maximum absolute atomic E-state index is 11.3. The van der Waals surface area contributed by atoms with Gasteiger partial charge in [0.15, 0.2) is 0 Å². The number of carbonyl (C=O) groups excluding carboxylic acids is 1. The fourth-order valence-electron chi connectivity index (χ4n) is 1.58. The van der Waals surface area contributed by atoms with Crippen molar-refractivity contribution < 1.29 is 14.3 Å². The van der Waals surface area contributed by atoms with Gasteiger partial charge in [-0.15, -0.1) is 0 Å². The van der Waals surface area contributed by atoms with Crippen molar-refractivity contribution in [1.82, 2.24) is 5.32 Å². The van der Waals surface area contributed by atoms with Crippen molar-refractivity contribution in [2.45, 2.75) is 33.6 Å². The van der Waals surface area contributed by atoms with Crippen molar-refractivity contribution >= 4 is 5.97 Å². The first-order chi connectivity index (χ1) is 8.46. The quantitative estimate of drug-likeness (QED) is 0.390. The van der Waals surface area contributed by atoms with Gasteiger partial charge in [0, 0.05) is 32.4 Å². The van der Waals surface area contributed by atoms with E-state index in [2.05, 4.69) is 19.2 Å². The lowest BCUT2D eigenvalue weighted by Crippen LogP contribution is -2.30. The standard InChI is InChI=1S/C14H27NO3/c1-6-12(13(16)18-5)7-9-15-11-14(2,3)8-10-17-4/h7,15H,6,8-11H2,1-5H3. The smallest absolute Gasteiger partial charge is 0.333 e. The van der Waals surface area contributed by atoms with Crippen molar-refractivity contribution in [3.8, 4) is 0 Å². The Kier molecular flexibility index (Phi) is 8.67.